The maximum Gasteiger partial charge on any atom is 0.254 e. The predicted octanol–water partition coefficient (Wildman–Crippen LogP) is 1.83. The van der Waals surface area contributed by atoms with Crippen LogP contribution in [-0.2, 0) is 6.54 Å². The second kappa shape index (κ2) is 5.59. The average Bonchev–Trinajstić information content (AvgIpc) is 2.40. The van der Waals surface area contributed by atoms with Crippen molar-refractivity contribution in [2.45, 2.75) is 11.4 Å². The van der Waals surface area contributed by atoms with Crippen molar-refractivity contribution in [3.05, 3.63) is 53.6 Å². The normalized spacial score (nSPS) is 10.1. The lowest BCUT2D eigenvalue weighted by atomic mass is 10.2. The molecular weight excluding hydrogens is 253 g/mol. The van der Waals surface area contributed by atoms with E-state index in [-0.39, 0.29) is 12.1 Å². The van der Waals surface area contributed by atoms with E-state index in [0.29, 0.717) is 10.6 Å². The lowest BCUT2D eigenvalue weighted by Gasteiger charge is -2.05. The third kappa shape index (κ3) is 3.04. The van der Waals surface area contributed by atoms with Gasteiger partial charge in [-0.1, -0.05) is 0 Å². The molecule has 1 aromatic heterocycles. The van der Waals surface area contributed by atoms with Crippen LogP contribution in [-0.4, -0.2) is 16.1 Å². The van der Waals surface area contributed by atoms with Crippen molar-refractivity contribution in [1.29, 1.82) is 0 Å². The molecule has 1 heterocycles. The van der Waals surface area contributed by atoms with Crippen LogP contribution < -0.4 is 5.32 Å². The fourth-order valence-corrected chi connectivity index (χ4v) is 1.58. The molecule has 0 spiro atoms. The molecule has 0 radical (unpaired) electrons. The molecule has 0 fully saturated rings. The molecule has 1 amide bonds. The van der Waals surface area contributed by atoms with Crippen LogP contribution in [0.3, 0.4) is 0 Å². The number of hydrogen-bond donors (Lipinski definition) is 2. The van der Waals surface area contributed by atoms with Crippen molar-refractivity contribution < 1.29 is 9.18 Å². The molecule has 6 heteroatoms. The standard InChI is InChI=1S/C12H10FN3OS/c13-11-4-3-9(18)6-10(11)12(17)14-7-8-2-1-5-15-16-8/h1-6,18H,7H2,(H,14,17). The van der Waals surface area contributed by atoms with Gasteiger partial charge < -0.3 is 5.32 Å². The van der Waals surface area contributed by atoms with Crippen LogP contribution in [0.2, 0.25) is 0 Å². The molecule has 18 heavy (non-hydrogen) atoms. The van der Waals surface area contributed by atoms with Gasteiger partial charge in [-0.2, -0.15) is 10.2 Å². The summed E-state index contributed by atoms with van der Waals surface area (Å²) in [6, 6.07) is 7.50. The van der Waals surface area contributed by atoms with E-state index >= 15 is 0 Å². The first-order valence-corrected chi connectivity index (χ1v) is 5.65. The van der Waals surface area contributed by atoms with Gasteiger partial charge >= 0.3 is 0 Å². The number of amides is 1. The van der Waals surface area contributed by atoms with E-state index in [2.05, 4.69) is 28.1 Å². The van der Waals surface area contributed by atoms with Crippen LogP contribution in [0.1, 0.15) is 16.1 Å². The Kier molecular flexibility index (Phi) is 3.88. The Morgan fingerprint density at radius 3 is 2.94 bits per heavy atom. The molecule has 0 atom stereocenters. The second-order valence-electron chi connectivity index (χ2n) is 3.56. The van der Waals surface area contributed by atoms with Crippen molar-refractivity contribution in [2.24, 2.45) is 0 Å². The van der Waals surface area contributed by atoms with Crippen LogP contribution in [0.25, 0.3) is 0 Å². The summed E-state index contributed by atoms with van der Waals surface area (Å²) in [4.78, 5) is 12.3. The Bertz CT molecular complexity index is 563. The summed E-state index contributed by atoms with van der Waals surface area (Å²) in [7, 11) is 0. The van der Waals surface area contributed by atoms with E-state index in [9.17, 15) is 9.18 Å². The first-order valence-electron chi connectivity index (χ1n) is 5.20. The molecule has 2 aromatic rings. The predicted molar refractivity (Wildman–Crippen MR) is 66.9 cm³/mol. The second-order valence-corrected chi connectivity index (χ2v) is 4.08. The molecular formula is C12H10FN3OS. The highest BCUT2D eigenvalue weighted by Gasteiger charge is 2.11. The SMILES string of the molecule is O=C(NCc1cccnn1)c1cc(S)ccc1F. The number of aromatic nitrogens is 2. The summed E-state index contributed by atoms with van der Waals surface area (Å²) in [5.74, 6) is -1.08. The zero-order chi connectivity index (χ0) is 13.0. The molecule has 0 bridgehead atoms. The summed E-state index contributed by atoms with van der Waals surface area (Å²) in [6.07, 6.45) is 1.54. The van der Waals surface area contributed by atoms with E-state index < -0.39 is 11.7 Å². The van der Waals surface area contributed by atoms with Crippen LogP contribution in [0.15, 0.2) is 41.4 Å². The molecule has 0 saturated carbocycles. The number of nitrogens with zero attached hydrogens (tertiary/aromatic N) is 2. The summed E-state index contributed by atoms with van der Waals surface area (Å²) in [5, 5.41) is 10.1. The minimum atomic E-state index is -0.579. The molecule has 0 aliphatic carbocycles. The van der Waals surface area contributed by atoms with Gasteiger partial charge in [-0.25, -0.2) is 4.39 Å². The van der Waals surface area contributed by atoms with Crippen molar-refractivity contribution in [3.63, 3.8) is 0 Å². The topological polar surface area (TPSA) is 54.9 Å². The smallest absolute Gasteiger partial charge is 0.254 e. The number of thiol groups is 1. The molecule has 1 aromatic carbocycles. The van der Waals surface area contributed by atoms with Crippen molar-refractivity contribution in [1.82, 2.24) is 15.5 Å². The molecule has 0 aliphatic rings. The Hall–Kier alpha value is -1.95. The average molecular weight is 263 g/mol. The number of carbonyl (C=O) groups excluding carboxylic acids is 1. The highest BCUT2D eigenvalue weighted by molar-refractivity contribution is 7.80. The number of nitrogens with one attached hydrogen (secondary N) is 1. The first kappa shape index (κ1) is 12.5. The van der Waals surface area contributed by atoms with E-state index in [1.54, 1.807) is 12.1 Å². The van der Waals surface area contributed by atoms with Crippen LogP contribution in [0, 0.1) is 5.82 Å². The molecule has 0 unspecified atom stereocenters. The fourth-order valence-electron chi connectivity index (χ4n) is 1.38. The van der Waals surface area contributed by atoms with E-state index in [1.165, 1.54) is 24.4 Å². The Morgan fingerprint density at radius 2 is 2.22 bits per heavy atom. The Balaban J connectivity index is 2.06. The van der Waals surface area contributed by atoms with Gasteiger partial charge in [0, 0.05) is 11.1 Å². The van der Waals surface area contributed by atoms with Gasteiger partial charge in [0.2, 0.25) is 0 Å². The number of rotatable bonds is 3. The summed E-state index contributed by atoms with van der Waals surface area (Å²) in [6.45, 7) is 0.197. The van der Waals surface area contributed by atoms with E-state index in [0.717, 1.165) is 0 Å². The number of carbonyl (C=O) groups is 1. The summed E-state index contributed by atoms with van der Waals surface area (Å²) < 4.78 is 13.4. The largest absolute Gasteiger partial charge is 0.346 e. The Labute approximate surface area is 109 Å². The molecule has 0 aliphatic heterocycles. The zero-order valence-electron chi connectivity index (χ0n) is 9.30. The van der Waals surface area contributed by atoms with Gasteiger partial charge in [0.25, 0.3) is 5.91 Å². The van der Waals surface area contributed by atoms with E-state index in [4.69, 9.17) is 0 Å². The van der Waals surface area contributed by atoms with Crippen LogP contribution in [0.5, 0.6) is 0 Å². The third-order valence-electron chi connectivity index (χ3n) is 2.25. The minimum absolute atomic E-state index is 0.0357. The number of benzene rings is 1. The quantitative estimate of drug-likeness (QED) is 0.831. The summed E-state index contributed by atoms with van der Waals surface area (Å²) in [5.41, 5.74) is 0.569. The molecule has 0 saturated heterocycles. The molecule has 4 nitrogen and oxygen atoms in total. The fraction of sp³-hybridized carbons (Fsp3) is 0.0833. The Morgan fingerprint density at radius 1 is 1.39 bits per heavy atom. The minimum Gasteiger partial charge on any atom is -0.346 e. The van der Waals surface area contributed by atoms with E-state index in [1.807, 2.05) is 0 Å². The number of halogens is 1. The maximum absolute atomic E-state index is 13.4. The molecule has 92 valence electrons. The van der Waals surface area contributed by atoms with Crippen LogP contribution in [0.4, 0.5) is 4.39 Å². The highest BCUT2D eigenvalue weighted by Crippen LogP contribution is 2.13. The highest BCUT2D eigenvalue weighted by atomic mass is 32.1. The van der Waals surface area contributed by atoms with Crippen molar-refractivity contribution in [3.8, 4) is 0 Å². The van der Waals surface area contributed by atoms with Crippen molar-refractivity contribution in [2.75, 3.05) is 0 Å². The van der Waals surface area contributed by atoms with Gasteiger partial charge in [-0.15, -0.1) is 12.6 Å². The van der Waals surface area contributed by atoms with Crippen molar-refractivity contribution >= 4 is 18.5 Å². The number of hydrogen-bond acceptors (Lipinski definition) is 4. The lowest BCUT2D eigenvalue weighted by Crippen LogP contribution is -2.24. The zero-order valence-corrected chi connectivity index (χ0v) is 10.2. The van der Waals surface area contributed by atoms with Gasteiger partial charge in [-0.05, 0) is 30.3 Å². The third-order valence-corrected chi connectivity index (χ3v) is 2.53. The summed E-state index contributed by atoms with van der Waals surface area (Å²) >= 11 is 4.07. The van der Waals surface area contributed by atoms with Gasteiger partial charge in [0.05, 0.1) is 17.8 Å². The maximum atomic E-state index is 13.4. The first-order chi connectivity index (χ1) is 8.66. The van der Waals surface area contributed by atoms with Gasteiger partial charge in [-0.3, -0.25) is 4.79 Å². The van der Waals surface area contributed by atoms with Crippen LogP contribution >= 0.6 is 12.6 Å². The lowest BCUT2D eigenvalue weighted by molar-refractivity contribution is 0.0946. The van der Waals surface area contributed by atoms with Gasteiger partial charge in [0.1, 0.15) is 5.82 Å². The molecule has 2 rings (SSSR count). The molecule has 1 N–H and O–H groups in total. The monoisotopic (exact) mass is 263 g/mol. The van der Waals surface area contributed by atoms with Gasteiger partial charge in [0.15, 0.2) is 0 Å².